The van der Waals surface area contributed by atoms with Crippen molar-refractivity contribution in [1.29, 1.82) is 0 Å². The predicted octanol–water partition coefficient (Wildman–Crippen LogP) is 2.45. The van der Waals surface area contributed by atoms with E-state index in [4.69, 9.17) is 0 Å². The fraction of sp³-hybridized carbons (Fsp3) is 0.476. The molecule has 0 spiro atoms. The maximum Gasteiger partial charge on any atom is 0.272 e. The Labute approximate surface area is 170 Å². The van der Waals surface area contributed by atoms with Gasteiger partial charge in [0.05, 0.1) is 22.8 Å². The first-order chi connectivity index (χ1) is 13.7. The number of rotatable bonds is 4. The summed E-state index contributed by atoms with van der Waals surface area (Å²) in [4.78, 5) is 28.9. The van der Waals surface area contributed by atoms with Crippen molar-refractivity contribution in [3.8, 4) is 0 Å². The first-order valence-electron chi connectivity index (χ1n) is 9.95. The van der Waals surface area contributed by atoms with Crippen LogP contribution in [-0.2, 0) is 6.54 Å². The zero-order valence-electron chi connectivity index (χ0n) is 17.6. The van der Waals surface area contributed by atoms with Gasteiger partial charge in [0, 0.05) is 32.2 Å². The van der Waals surface area contributed by atoms with Crippen LogP contribution < -0.4 is 20.4 Å². The Morgan fingerprint density at radius 3 is 2.79 bits per heavy atom. The van der Waals surface area contributed by atoms with Gasteiger partial charge in [0.1, 0.15) is 12.0 Å². The van der Waals surface area contributed by atoms with Crippen molar-refractivity contribution in [3.05, 3.63) is 35.2 Å². The van der Waals surface area contributed by atoms with Crippen molar-refractivity contribution >= 4 is 29.3 Å². The number of carbonyl (C=O) groups excluding carboxylic acids is 2. The Morgan fingerprint density at radius 1 is 1.34 bits per heavy atom. The van der Waals surface area contributed by atoms with Gasteiger partial charge in [0.15, 0.2) is 6.29 Å². The molecule has 1 aromatic heterocycles. The first kappa shape index (κ1) is 19.3. The number of hydrogen-bond acceptors (Lipinski definition) is 6. The van der Waals surface area contributed by atoms with Gasteiger partial charge < -0.3 is 20.4 Å². The second-order valence-corrected chi connectivity index (χ2v) is 8.71. The van der Waals surface area contributed by atoms with Crippen molar-refractivity contribution in [1.82, 2.24) is 15.1 Å². The lowest BCUT2D eigenvalue weighted by Gasteiger charge is -2.33. The Morgan fingerprint density at radius 2 is 2.10 bits per heavy atom. The van der Waals surface area contributed by atoms with E-state index in [1.807, 2.05) is 33.0 Å². The molecule has 8 heteroatoms. The molecule has 0 bridgehead atoms. The molecule has 1 unspecified atom stereocenters. The summed E-state index contributed by atoms with van der Waals surface area (Å²) in [6.45, 7) is 10.5. The number of aromatic nitrogens is 2. The molecule has 1 amide bonds. The Hall–Kier alpha value is -3.03. The lowest BCUT2D eigenvalue weighted by molar-refractivity contribution is 0.0929. The molecule has 1 atom stereocenters. The van der Waals surface area contributed by atoms with Crippen LogP contribution in [0.25, 0.3) is 0 Å². The van der Waals surface area contributed by atoms with Crippen LogP contribution in [0.4, 0.5) is 17.1 Å². The fourth-order valence-electron chi connectivity index (χ4n) is 4.46. The van der Waals surface area contributed by atoms with E-state index in [9.17, 15) is 9.59 Å². The Kier molecular flexibility index (Phi) is 4.52. The van der Waals surface area contributed by atoms with Crippen LogP contribution in [0.1, 0.15) is 47.3 Å². The van der Waals surface area contributed by atoms with E-state index >= 15 is 0 Å². The summed E-state index contributed by atoms with van der Waals surface area (Å²) in [5.41, 5.74) is 4.84. The van der Waals surface area contributed by atoms with E-state index in [1.165, 1.54) is 0 Å². The Balaban J connectivity index is 1.71. The molecule has 2 N–H and O–H groups in total. The number of nitrogens with one attached hydrogen (secondary N) is 2. The van der Waals surface area contributed by atoms with Crippen LogP contribution in [-0.4, -0.2) is 48.4 Å². The van der Waals surface area contributed by atoms with Gasteiger partial charge >= 0.3 is 0 Å². The number of amides is 1. The summed E-state index contributed by atoms with van der Waals surface area (Å²) in [6, 6.07) is 5.57. The maximum atomic E-state index is 13.0. The molecule has 0 saturated heterocycles. The van der Waals surface area contributed by atoms with Crippen LogP contribution in [0.3, 0.4) is 0 Å². The third-order valence-corrected chi connectivity index (χ3v) is 5.52. The fourth-order valence-corrected chi connectivity index (χ4v) is 4.46. The molecule has 0 aliphatic carbocycles. The minimum Gasteiger partial charge on any atom is -0.372 e. The topological polar surface area (TPSA) is 82.5 Å². The highest BCUT2D eigenvalue weighted by molar-refractivity contribution is 5.97. The number of hydrogen-bond donors (Lipinski definition) is 2. The molecule has 3 heterocycles. The number of carbonyl (C=O) groups is 2. The van der Waals surface area contributed by atoms with Crippen LogP contribution in [0.15, 0.2) is 18.2 Å². The summed E-state index contributed by atoms with van der Waals surface area (Å²) in [5.74, 6) is -0.176. The van der Waals surface area contributed by atoms with Crippen molar-refractivity contribution in [2.75, 3.05) is 35.3 Å². The molecule has 8 nitrogen and oxygen atoms in total. The molecular formula is C21H28N6O2. The summed E-state index contributed by atoms with van der Waals surface area (Å²) in [7, 11) is 2.05. The van der Waals surface area contributed by atoms with Gasteiger partial charge in [-0.25, -0.2) is 0 Å². The van der Waals surface area contributed by atoms with E-state index in [2.05, 4.69) is 39.4 Å². The van der Waals surface area contributed by atoms with E-state index in [1.54, 1.807) is 10.7 Å². The monoisotopic (exact) mass is 396 g/mol. The van der Waals surface area contributed by atoms with Gasteiger partial charge in [-0.15, -0.1) is 0 Å². The minimum atomic E-state index is -0.399. The summed E-state index contributed by atoms with van der Waals surface area (Å²) < 4.78 is 1.71. The predicted molar refractivity (Wildman–Crippen MR) is 114 cm³/mol. The number of nitrogens with zero attached hydrogens (tertiary/aromatic N) is 4. The largest absolute Gasteiger partial charge is 0.372 e. The molecule has 0 radical (unpaired) electrons. The van der Waals surface area contributed by atoms with Crippen molar-refractivity contribution in [3.63, 3.8) is 0 Å². The molecule has 2 aromatic rings. The normalized spacial score (nSPS) is 19.4. The van der Waals surface area contributed by atoms with Gasteiger partial charge in [-0.3, -0.25) is 14.3 Å². The lowest BCUT2D eigenvalue weighted by atomic mass is 9.92. The van der Waals surface area contributed by atoms with Gasteiger partial charge in [-0.2, -0.15) is 5.10 Å². The van der Waals surface area contributed by atoms with Crippen LogP contribution in [0.5, 0.6) is 0 Å². The molecule has 29 heavy (non-hydrogen) atoms. The zero-order chi connectivity index (χ0) is 20.9. The first-order valence-corrected chi connectivity index (χ1v) is 9.95. The average molecular weight is 396 g/mol. The minimum absolute atomic E-state index is 0.0108. The van der Waals surface area contributed by atoms with Gasteiger partial charge in [-0.05, 0) is 37.5 Å². The highest BCUT2D eigenvalue weighted by Gasteiger charge is 2.40. The van der Waals surface area contributed by atoms with Crippen molar-refractivity contribution in [2.45, 2.75) is 40.5 Å². The molecule has 2 aliphatic rings. The van der Waals surface area contributed by atoms with Crippen molar-refractivity contribution < 1.29 is 9.59 Å². The standard InChI is InChI=1S/C21H28N6O2/c1-6-27-17(7-13(2)24-27)19(29)23-20-22-15-8-14(10-28)9-16-18(15)26(20)12-21(3,4)11-25(16)5/h7-10,20,22H,6,11-12H2,1-5H3,(H,23,29). The van der Waals surface area contributed by atoms with Gasteiger partial charge in [-0.1, -0.05) is 13.8 Å². The SMILES string of the molecule is CCn1nc(C)cc1C(=O)NC1Nc2cc(C=O)cc3c2N1CC(C)(C)CN3C. The van der Waals surface area contributed by atoms with E-state index < -0.39 is 6.29 Å². The van der Waals surface area contributed by atoms with Crippen LogP contribution >= 0.6 is 0 Å². The number of aldehydes is 1. The van der Waals surface area contributed by atoms with Crippen molar-refractivity contribution in [2.24, 2.45) is 5.41 Å². The molecular weight excluding hydrogens is 368 g/mol. The van der Waals surface area contributed by atoms with Crippen LogP contribution in [0, 0.1) is 12.3 Å². The zero-order valence-corrected chi connectivity index (χ0v) is 17.6. The molecule has 154 valence electrons. The van der Waals surface area contributed by atoms with Gasteiger partial charge in [0.2, 0.25) is 0 Å². The third kappa shape index (κ3) is 3.32. The second-order valence-electron chi connectivity index (χ2n) is 8.71. The van der Waals surface area contributed by atoms with E-state index in [0.717, 1.165) is 42.1 Å². The van der Waals surface area contributed by atoms with E-state index in [0.29, 0.717) is 17.8 Å². The number of benzene rings is 1. The summed E-state index contributed by atoms with van der Waals surface area (Å²) >= 11 is 0. The second kappa shape index (κ2) is 6.79. The Bertz CT molecular complexity index is 980. The molecule has 4 rings (SSSR count). The molecule has 0 fully saturated rings. The summed E-state index contributed by atoms with van der Waals surface area (Å²) in [5, 5.41) is 10.9. The van der Waals surface area contributed by atoms with Crippen LogP contribution in [0.2, 0.25) is 0 Å². The molecule has 0 saturated carbocycles. The number of aryl methyl sites for hydroxylation is 2. The highest BCUT2D eigenvalue weighted by atomic mass is 16.2. The maximum absolute atomic E-state index is 13.0. The summed E-state index contributed by atoms with van der Waals surface area (Å²) in [6.07, 6.45) is 0.464. The molecule has 1 aromatic carbocycles. The quantitative estimate of drug-likeness (QED) is 0.773. The number of anilines is 3. The van der Waals surface area contributed by atoms with Gasteiger partial charge in [0.25, 0.3) is 5.91 Å². The lowest BCUT2D eigenvalue weighted by Crippen LogP contribution is -2.52. The average Bonchev–Trinajstić information content (AvgIpc) is 3.17. The third-order valence-electron chi connectivity index (χ3n) is 5.52. The highest BCUT2D eigenvalue weighted by Crippen LogP contribution is 2.46. The molecule has 2 aliphatic heterocycles. The van der Waals surface area contributed by atoms with E-state index in [-0.39, 0.29) is 11.3 Å². The smallest absolute Gasteiger partial charge is 0.272 e.